The van der Waals surface area contributed by atoms with Gasteiger partial charge in [0.2, 0.25) is 0 Å². The van der Waals surface area contributed by atoms with Crippen molar-refractivity contribution in [2.45, 2.75) is 9.79 Å². The monoisotopic (exact) mass is 274 g/mol. The van der Waals surface area contributed by atoms with Gasteiger partial charge in [0, 0.05) is 0 Å². The largest absolute Gasteiger partial charge is 0.249 e. The number of rotatable bonds is 2. The second-order valence-corrected chi connectivity index (χ2v) is 4.72. The Labute approximate surface area is 103 Å². The Bertz CT molecular complexity index is 533. The molecule has 0 spiro atoms. The lowest BCUT2D eigenvalue weighted by atomic mass is 10.3. The summed E-state index contributed by atoms with van der Waals surface area (Å²) in [5.41, 5.74) is 0. The number of benzene rings is 2. The molecule has 2 aromatic carbocycles. The van der Waals surface area contributed by atoms with Crippen molar-refractivity contribution >= 4 is 10.8 Å². The standard InChI is InChI=1S/C12H6F4OS/c13-7-3-1-4-8(14)11(7)18(17)12-9(15)5-2-6-10(12)16/h1-6H. The van der Waals surface area contributed by atoms with Crippen molar-refractivity contribution in [3.05, 3.63) is 59.7 Å². The van der Waals surface area contributed by atoms with Crippen molar-refractivity contribution in [3.63, 3.8) is 0 Å². The summed E-state index contributed by atoms with van der Waals surface area (Å²) in [6.45, 7) is 0. The Hall–Kier alpha value is -1.69. The zero-order valence-corrected chi connectivity index (χ0v) is 9.61. The minimum Gasteiger partial charge on any atom is -0.249 e. The van der Waals surface area contributed by atoms with Crippen LogP contribution in [0.2, 0.25) is 0 Å². The molecule has 0 heterocycles. The minimum absolute atomic E-state index is 0.860. The van der Waals surface area contributed by atoms with Gasteiger partial charge in [-0.15, -0.1) is 0 Å². The Balaban J connectivity index is 2.63. The van der Waals surface area contributed by atoms with E-state index in [4.69, 9.17) is 0 Å². The molecule has 94 valence electrons. The van der Waals surface area contributed by atoms with Crippen LogP contribution in [0.15, 0.2) is 46.2 Å². The van der Waals surface area contributed by atoms with Gasteiger partial charge in [-0.05, 0) is 24.3 Å². The second-order valence-electron chi connectivity index (χ2n) is 3.37. The molecule has 0 radical (unpaired) electrons. The molecule has 0 atom stereocenters. The van der Waals surface area contributed by atoms with Gasteiger partial charge < -0.3 is 0 Å². The van der Waals surface area contributed by atoms with E-state index in [1.54, 1.807) is 0 Å². The second kappa shape index (κ2) is 4.89. The maximum absolute atomic E-state index is 13.4. The average molecular weight is 274 g/mol. The fraction of sp³-hybridized carbons (Fsp3) is 0. The molecule has 0 bridgehead atoms. The quantitative estimate of drug-likeness (QED) is 0.767. The van der Waals surface area contributed by atoms with E-state index in [9.17, 15) is 21.8 Å². The van der Waals surface area contributed by atoms with E-state index in [0.29, 0.717) is 0 Å². The molecule has 0 fully saturated rings. The lowest BCUT2D eigenvalue weighted by Gasteiger charge is -2.06. The lowest BCUT2D eigenvalue weighted by molar-refractivity contribution is 0.520. The maximum Gasteiger partial charge on any atom is 0.142 e. The van der Waals surface area contributed by atoms with Gasteiger partial charge in [-0.2, -0.15) is 0 Å². The van der Waals surface area contributed by atoms with Gasteiger partial charge >= 0.3 is 0 Å². The van der Waals surface area contributed by atoms with Crippen LogP contribution >= 0.6 is 0 Å². The molecule has 0 aromatic heterocycles. The van der Waals surface area contributed by atoms with E-state index in [1.807, 2.05) is 0 Å². The summed E-state index contributed by atoms with van der Waals surface area (Å²) in [5.74, 6) is -4.46. The van der Waals surface area contributed by atoms with Crippen molar-refractivity contribution in [1.82, 2.24) is 0 Å². The third kappa shape index (κ3) is 2.15. The van der Waals surface area contributed by atoms with Gasteiger partial charge in [-0.1, -0.05) is 12.1 Å². The first-order valence-corrected chi connectivity index (χ1v) is 5.97. The summed E-state index contributed by atoms with van der Waals surface area (Å²) >= 11 is 0. The van der Waals surface area contributed by atoms with Crippen LogP contribution < -0.4 is 0 Å². The predicted molar refractivity (Wildman–Crippen MR) is 57.4 cm³/mol. The Kier molecular flexibility index (Phi) is 3.47. The van der Waals surface area contributed by atoms with Crippen molar-refractivity contribution in [2.24, 2.45) is 0 Å². The van der Waals surface area contributed by atoms with E-state index in [2.05, 4.69) is 0 Å². The predicted octanol–water partition coefficient (Wildman–Crippen LogP) is 3.41. The van der Waals surface area contributed by atoms with Gasteiger partial charge in [0.1, 0.15) is 33.1 Å². The summed E-state index contributed by atoms with van der Waals surface area (Å²) in [7, 11) is -2.59. The van der Waals surface area contributed by atoms with E-state index in [-0.39, 0.29) is 0 Å². The van der Waals surface area contributed by atoms with Crippen molar-refractivity contribution in [2.75, 3.05) is 0 Å². The summed E-state index contributed by atoms with van der Waals surface area (Å²) in [6, 6.07) is 5.63. The lowest BCUT2D eigenvalue weighted by Crippen LogP contribution is -2.04. The summed E-state index contributed by atoms with van der Waals surface area (Å²) < 4.78 is 65.4. The Morgan fingerprint density at radius 1 is 0.667 bits per heavy atom. The van der Waals surface area contributed by atoms with Crippen molar-refractivity contribution < 1.29 is 21.8 Å². The zero-order chi connectivity index (χ0) is 13.3. The van der Waals surface area contributed by atoms with Crippen LogP contribution in [-0.4, -0.2) is 4.21 Å². The molecule has 2 rings (SSSR count). The van der Waals surface area contributed by atoms with Gasteiger partial charge in [0.25, 0.3) is 0 Å². The number of hydrogen-bond acceptors (Lipinski definition) is 1. The highest BCUT2D eigenvalue weighted by atomic mass is 32.2. The van der Waals surface area contributed by atoms with Gasteiger partial charge in [0.05, 0.1) is 10.8 Å². The van der Waals surface area contributed by atoms with Gasteiger partial charge in [0.15, 0.2) is 0 Å². The topological polar surface area (TPSA) is 17.1 Å². The first kappa shape index (κ1) is 12.8. The van der Waals surface area contributed by atoms with E-state index in [0.717, 1.165) is 36.4 Å². The molecule has 0 unspecified atom stereocenters. The van der Waals surface area contributed by atoms with E-state index < -0.39 is 43.9 Å². The van der Waals surface area contributed by atoms with Crippen LogP contribution in [0.25, 0.3) is 0 Å². The molecule has 6 heteroatoms. The third-order valence-corrected chi connectivity index (χ3v) is 3.73. The van der Waals surface area contributed by atoms with E-state index in [1.165, 1.54) is 0 Å². The Morgan fingerprint density at radius 2 is 0.944 bits per heavy atom. The zero-order valence-electron chi connectivity index (χ0n) is 8.79. The molecule has 0 saturated carbocycles. The third-order valence-electron chi connectivity index (χ3n) is 2.21. The first-order chi connectivity index (χ1) is 8.52. The van der Waals surface area contributed by atoms with Crippen molar-refractivity contribution in [1.29, 1.82) is 0 Å². The summed E-state index contributed by atoms with van der Waals surface area (Å²) in [6.07, 6.45) is 0. The average Bonchev–Trinajstić information content (AvgIpc) is 2.28. The van der Waals surface area contributed by atoms with Crippen LogP contribution in [-0.2, 0) is 10.8 Å². The van der Waals surface area contributed by atoms with Crippen LogP contribution in [0.4, 0.5) is 17.6 Å². The molecule has 2 aromatic rings. The highest BCUT2D eigenvalue weighted by molar-refractivity contribution is 7.85. The SMILES string of the molecule is O=S(c1c(F)cccc1F)c1c(F)cccc1F. The fourth-order valence-electron chi connectivity index (χ4n) is 1.42. The first-order valence-electron chi connectivity index (χ1n) is 4.82. The smallest absolute Gasteiger partial charge is 0.142 e. The van der Waals surface area contributed by atoms with Gasteiger partial charge in [-0.3, -0.25) is 0 Å². The van der Waals surface area contributed by atoms with E-state index >= 15 is 0 Å². The Morgan fingerprint density at radius 3 is 1.22 bits per heavy atom. The van der Waals surface area contributed by atoms with Crippen LogP contribution in [0, 0.1) is 23.3 Å². The maximum atomic E-state index is 13.4. The molecule has 0 saturated heterocycles. The molecule has 18 heavy (non-hydrogen) atoms. The minimum atomic E-state index is -2.59. The van der Waals surface area contributed by atoms with Crippen LogP contribution in [0.1, 0.15) is 0 Å². The molecule has 0 N–H and O–H groups in total. The number of hydrogen-bond donors (Lipinski definition) is 0. The molecular weight excluding hydrogens is 268 g/mol. The van der Waals surface area contributed by atoms with Crippen LogP contribution in [0.5, 0.6) is 0 Å². The number of halogens is 4. The normalized spacial score (nSPS) is 10.9. The molecule has 0 aliphatic heterocycles. The highest BCUT2D eigenvalue weighted by Crippen LogP contribution is 2.26. The molecule has 0 aliphatic rings. The molecular formula is C12H6F4OS. The molecule has 0 amide bonds. The van der Waals surface area contributed by atoms with Crippen LogP contribution in [0.3, 0.4) is 0 Å². The molecule has 1 nitrogen and oxygen atoms in total. The highest BCUT2D eigenvalue weighted by Gasteiger charge is 2.23. The summed E-state index contributed by atoms with van der Waals surface area (Å²) in [4.78, 5) is -1.72. The molecule has 0 aliphatic carbocycles. The fourth-order valence-corrected chi connectivity index (χ4v) is 2.61. The summed E-state index contributed by atoms with van der Waals surface area (Å²) in [5, 5.41) is 0. The van der Waals surface area contributed by atoms with Crippen molar-refractivity contribution in [3.8, 4) is 0 Å². The van der Waals surface area contributed by atoms with Gasteiger partial charge in [-0.25, -0.2) is 21.8 Å².